The van der Waals surface area contributed by atoms with Crippen LogP contribution in [-0.4, -0.2) is 29.7 Å². The molecule has 1 aliphatic carbocycles. The van der Waals surface area contributed by atoms with Crippen molar-refractivity contribution < 1.29 is 13.2 Å². The summed E-state index contributed by atoms with van der Waals surface area (Å²) in [7, 11) is 0. The maximum atomic E-state index is 12.8. The van der Waals surface area contributed by atoms with Crippen LogP contribution in [0.2, 0.25) is 0 Å². The van der Waals surface area contributed by atoms with Crippen molar-refractivity contribution in [3.8, 4) is 0 Å². The van der Waals surface area contributed by atoms with Crippen LogP contribution >= 0.6 is 15.9 Å². The van der Waals surface area contributed by atoms with E-state index in [9.17, 15) is 13.2 Å². The molecule has 112 valence electrons. The zero-order valence-electron chi connectivity index (χ0n) is 11.2. The van der Waals surface area contributed by atoms with E-state index in [1.807, 2.05) is 24.3 Å². The summed E-state index contributed by atoms with van der Waals surface area (Å²) in [5.74, 6) is 0. The van der Waals surface area contributed by atoms with Gasteiger partial charge in [-0.15, -0.1) is 0 Å². The molecular formula is C14H18BrF3N2. The van der Waals surface area contributed by atoms with E-state index in [4.69, 9.17) is 5.73 Å². The monoisotopic (exact) mass is 350 g/mol. The van der Waals surface area contributed by atoms with Crippen LogP contribution in [0.15, 0.2) is 28.7 Å². The molecule has 0 radical (unpaired) electrons. The third kappa shape index (κ3) is 4.20. The lowest BCUT2D eigenvalue weighted by Crippen LogP contribution is -2.45. The second kappa shape index (κ2) is 6.03. The van der Waals surface area contributed by atoms with E-state index in [1.54, 1.807) is 6.92 Å². The molecule has 2 N–H and O–H groups in total. The standard InChI is InChI=1S/C14H18BrF3N2/c1-9(19)13(10-3-2-4-11(15)7-10)20(12-5-6-12)8-14(16,17)18/h2-4,7,9,12-13H,5-6,8,19H2,1H3. The molecule has 0 heterocycles. The van der Waals surface area contributed by atoms with Crippen molar-refractivity contribution in [2.24, 2.45) is 5.73 Å². The topological polar surface area (TPSA) is 29.3 Å². The number of halogens is 4. The molecule has 2 unspecified atom stereocenters. The Morgan fingerprint density at radius 3 is 2.50 bits per heavy atom. The van der Waals surface area contributed by atoms with Gasteiger partial charge in [0, 0.05) is 16.6 Å². The molecule has 2 atom stereocenters. The molecule has 1 fully saturated rings. The molecule has 0 bridgehead atoms. The molecule has 6 heteroatoms. The van der Waals surface area contributed by atoms with Crippen molar-refractivity contribution in [3.63, 3.8) is 0 Å². The van der Waals surface area contributed by atoms with E-state index in [-0.39, 0.29) is 12.1 Å². The number of alkyl halides is 3. The summed E-state index contributed by atoms with van der Waals surface area (Å²) in [6, 6.07) is 6.57. The highest BCUT2D eigenvalue weighted by Crippen LogP contribution is 2.38. The predicted molar refractivity (Wildman–Crippen MR) is 76.3 cm³/mol. The van der Waals surface area contributed by atoms with Crippen LogP contribution in [-0.2, 0) is 0 Å². The minimum atomic E-state index is -4.21. The first-order valence-corrected chi connectivity index (χ1v) is 7.41. The van der Waals surface area contributed by atoms with Crippen LogP contribution in [0.3, 0.4) is 0 Å². The lowest BCUT2D eigenvalue weighted by molar-refractivity contribution is -0.153. The van der Waals surface area contributed by atoms with Gasteiger partial charge in [0.15, 0.2) is 0 Å². The minimum absolute atomic E-state index is 0.00777. The van der Waals surface area contributed by atoms with Gasteiger partial charge in [0.2, 0.25) is 0 Å². The van der Waals surface area contributed by atoms with E-state index in [0.29, 0.717) is 0 Å². The summed E-state index contributed by atoms with van der Waals surface area (Å²) < 4.78 is 39.3. The minimum Gasteiger partial charge on any atom is -0.326 e. The first kappa shape index (κ1) is 15.8. The first-order chi connectivity index (χ1) is 9.28. The molecule has 0 spiro atoms. The Morgan fingerprint density at radius 1 is 1.40 bits per heavy atom. The number of rotatable bonds is 5. The van der Waals surface area contributed by atoms with E-state index in [2.05, 4.69) is 15.9 Å². The third-order valence-corrected chi connectivity index (χ3v) is 3.92. The highest BCUT2D eigenvalue weighted by Gasteiger charge is 2.42. The van der Waals surface area contributed by atoms with Gasteiger partial charge >= 0.3 is 6.18 Å². The van der Waals surface area contributed by atoms with Crippen LogP contribution in [0, 0.1) is 0 Å². The van der Waals surface area contributed by atoms with Gasteiger partial charge in [0.25, 0.3) is 0 Å². The van der Waals surface area contributed by atoms with Gasteiger partial charge in [-0.25, -0.2) is 0 Å². The zero-order chi connectivity index (χ0) is 14.9. The number of nitrogens with two attached hydrogens (primary N) is 1. The molecule has 2 nitrogen and oxygen atoms in total. The van der Waals surface area contributed by atoms with Crippen LogP contribution in [0.25, 0.3) is 0 Å². The van der Waals surface area contributed by atoms with Gasteiger partial charge < -0.3 is 5.73 Å². The van der Waals surface area contributed by atoms with Gasteiger partial charge in [-0.05, 0) is 37.5 Å². The summed E-state index contributed by atoms with van der Waals surface area (Å²) in [6.45, 7) is 0.855. The Kier molecular flexibility index (Phi) is 4.76. The van der Waals surface area contributed by atoms with Crippen LogP contribution in [0.4, 0.5) is 13.2 Å². The third-order valence-electron chi connectivity index (χ3n) is 3.42. The average molecular weight is 351 g/mol. The van der Waals surface area contributed by atoms with Crippen LogP contribution < -0.4 is 5.73 Å². The fraction of sp³-hybridized carbons (Fsp3) is 0.571. The summed E-state index contributed by atoms with van der Waals surface area (Å²) in [5, 5.41) is 0. The summed E-state index contributed by atoms with van der Waals surface area (Å²) in [4.78, 5) is 1.51. The van der Waals surface area contributed by atoms with Crippen molar-refractivity contribution in [1.82, 2.24) is 4.90 Å². The maximum absolute atomic E-state index is 12.8. The smallest absolute Gasteiger partial charge is 0.326 e. The van der Waals surface area contributed by atoms with Gasteiger partial charge in [0.05, 0.1) is 12.6 Å². The van der Waals surface area contributed by atoms with Crippen molar-refractivity contribution in [3.05, 3.63) is 34.3 Å². The van der Waals surface area contributed by atoms with Crippen molar-refractivity contribution >= 4 is 15.9 Å². The number of hydrogen-bond donors (Lipinski definition) is 1. The number of benzene rings is 1. The first-order valence-electron chi connectivity index (χ1n) is 6.61. The number of hydrogen-bond acceptors (Lipinski definition) is 2. The molecule has 0 aliphatic heterocycles. The predicted octanol–water partition coefficient (Wildman–Crippen LogP) is 3.86. The Bertz CT molecular complexity index is 458. The molecule has 0 saturated heterocycles. The second-order valence-electron chi connectivity index (χ2n) is 5.38. The summed E-state index contributed by atoms with van der Waals surface area (Å²) in [5.41, 5.74) is 6.80. The Labute approximate surface area is 125 Å². The molecular weight excluding hydrogens is 333 g/mol. The van der Waals surface area contributed by atoms with Crippen molar-refractivity contribution in [1.29, 1.82) is 0 Å². The SMILES string of the molecule is CC(N)C(c1cccc(Br)c1)N(CC(F)(F)F)C1CC1. The van der Waals surface area contributed by atoms with Gasteiger partial charge in [-0.2, -0.15) is 13.2 Å². The highest BCUT2D eigenvalue weighted by molar-refractivity contribution is 9.10. The van der Waals surface area contributed by atoms with Crippen molar-refractivity contribution in [2.75, 3.05) is 6.54 Å². The highest BCUT2D eigenvalue weighted by atomic mass is 79.9. The fourth-order valence-electron chi connectivity index (χ4n) is 2.56. The molecule has 1 saturated carbocycles. The Hall–Kier alpha value is -0.590. The molecule has 2 rings (SSSR count). The normalized spacial score (nSPS) is 19.1. The van der Waals surface area contributed by atoms with E-state index in [1.165, 1.54) is 4.90 Å². The lowest BCUT2D eigenvalue weighted by atomic mass is 9.99. The van der Waals surface area contributed by atoms with Gasteiger partial charge in [0.1, 0.15) is 0 Å². The average Bonchev–Trinajstić information content (AvgIpc) is 3.09. The van der Waals surface area contributed by atoms with Crippen LogP contribution in [0.5, 0.6) is 0 Å². The van der Waals surface area contributed by atoms with Gasteiger partial charge in [-0.1, -0.05) is 28.1 Å². The van der Waals surface area contributed by atoms with Gasteiger partial charge in [-0.3, -0.25) is 4.90 Å². The van der Waals surface area contributed by atoms with E-state index < -0.39 is 18.8 Å². The van der Waals surface area contributed by atoms with E-state index >= 15 is 0 Å². The number of nitrogens with zero attached hydrogens (tertiary/aromatic N) is 1. The largest absolute Gasteiger partial charge is 0.401 e. The van der Waals surface area contributed by atoms with Crippen molar-refractivity contribution in [2.45, 2.75) is 44.1 Å². The van der Waals surface area contributed by atoms with E-state index in [0.717, 1.165) is 22.9 Å². The Morgan fingerprint density at radius 2 is 2.05 bits per heavy atom. The summed E-state index contributed by atoms with van der Waals surface area (Å²) in [6.07, 6.45) is -2.58. The molecule has 1 aliphatic rings. The molecule has 0 amide bonds. The van der Waals surface area contributed by atoms with Crippen LogP contribution in [0.1, 0.15) is 31.4 Å². The zero-order valence-corrected chi connectivity index (χ0v) is 12.8. The maximum Gasteiger partial charge on any atom is 0.401 e. The molecule has 0 aromatic heterocycles. The fourth-order valence-corrected chi connectivity index (χ4v) is 2.97. The Balaban J connectivity index is 2.29. The molecule has 1 aromatic rings. The lowest BCUT2D eigenvalue weighted by Gasteiger charge is -2.35. The summed E-state index contributed by atoms with van der Waals surface area (Å²) >= 11 is 3.36. The molecule has 20 heavy (non-hydrogen) atoms. The molecule has 1 aromatic carbocycles. The second-order valence-corrected chi connectivity index (χ2v) is 6.29. The quantitative estimate of drug-likeness (QED) is 0.873.